The summed E-state index contributed by atoms with van der Waals surface area (Å²) in [6.45, 7) is 1.42. The van der Waals surface area contributed by atoms with Gasteiger partial charge in [0.2, 0.25) is 5.91 Å². The van der Waals surface area contributed by atoms with Gasteiger partial charge in [-0.25, -0.2) is 0 Å². The maximum Gasteiger partial charge on any atom is 0.226 e. The van der Waals surface area contributed by atoms with Gasteiger partial charge < -0.3 is 10.6 Å². The lowest BCUT2D eigenvalue weighted by atomic mass is 9.86. The molecule has 4 rings (SSSR count). The van der Waals surface area contributed by atoms with Crippen molar-refractivity contribution in [2.24, 2.45) is 17.6 Å². The van der Waals surface area contributed by atoms with Crippen LogP contribution in [0.15, 0.2) is 54.6 Å². The van der Waals surface area contributed by atoms with Gasteiger partial charge in [0.25, 0.3) is 0 Å². The smallest absolute Gasteiger partial charge is 0.226 e. The number of fused-ring (bicyclic) bond motifs is 1. The molecule has 25 heavy (non-hydrogen) atoms. The van der Waals surface area contributed by atoms with Crippen molar-refractivity contribution in [1.29, 1.82) is 0 Å². The molecule has 3 heteroatoms. The van der Waals surface area contributed by atoms with Crippen LogP contribution >= 0.6 is 0 Å². The van der Waals surface area contributed by atoms with Gasteiger partial charge in [-0.2, -0.15) is 0 Å². The van der Waals surface area contributed by atoms with Gasteiger partial charge in [0.1, 0.15) is 0 Å². The summed E-state index contributed by atoms with van der Waals surface area (Å²) in [4.78, 5) is 15.6. The van der Waals surface area contributed by atoms with Crippen LogP contribution in [-0.2, 0) is 11.2 Å². The summed E-state index contributed by atoms with van der Waals surface area (Å²) in [7, 11) is 0. The molecule has 1 aliphatic carbocycles. The number of carbonyl (C=O) groups excluding carboxylic acids is 1. The summed E-state index contributed by atoms with van der Waals surface area (Å²) in [5.41, 5.74) is 9.78. The topological polar surface area (TPSA) is 46.3 Å². The molecule has 3 atom stereocenters. The lowest BCUT2D eigenvalue weighted by Gasteiger charge is -2.40. The standard InChI is InChI=1S/C22H26N2O/c23-15-18-10-6-12-20(18)22(25)24-14-13-16-7-4-5-11-19(16)21(24)17-8-2-1-3-9-17/h1-5,7-9,11,18,20-21H,6,10,12-15,23H2/t18-,20-,21?/m1/s1. The molecule has 0 radical (unpaired) electrons. The number of carbonyl (C=O) groups is 1. The molecule has 2 aromatic rings. The Bertz CT molecular complexity index is 743. The lowest BCUT2D eigenvalue weighted by Crippen LogP contribution is -2.45. The van der Waals surface area contributed by atoms with Crippen LogP contribution in [0.1, 0.15) is 42.0 Å². The van der Waals surface area contributed by atoms with Crippen LogP contribution < -0.4 is 5.73 Å². The number of hydrogen-bond acceptors (Lipinski definition) is 2. The van der Waals surface area contributed by atoms with Crippen LogP contribution in [0.5, 0.6) is 0 Å². The zero-order valence-corrected chi connectivity index (χ0v) is 14.6. The highest BCUT2D eigenvalue weighted by molar-refractivity contribution is 5.81. The van der Waals surface area contributed by atoms with E-state index in [1.807, 2.05) is 6.07 Å². The molecule has 1 aliphatic heterocycles. The van der Waals surface area contributed by atoms with Crippen molar-refractivity contribution in [1.82, 2.24) is 4.90 Å². The average molecular weight is 334 g/mol. The summed E-state index contributed by atoms with van der Waals surface area (Å²) in [5, 5.41) is 0. The molecule has 1 heterocycles. The maximum atomic E-state index is 13.4. The van der Waals surface area contributed by atoms with E-state index >= 15 is 0 Å². The molecule has 2 aromatic carbocycles. The van der Waals surface area contributed by atoms with Gasteiger partial charge in [0.15, 0.2) is 0 Å². The second kappa shape index (κ2) is 7.01. The fraction of sp³-hybridized carbons (Fsp3) is 0.409. The van der Waals surface area contributed by atoms with E-state index in [4.69, 9.17) is 5.73 Å². The van der Waals surface area contributed by atoms with Crippen LogP contribution in [0.25, 0.3) is 0 Å². The molecule has 0 saturated heterocycles. The molecule has 2 aliphatic rings. The fourth-order valence-corrected chi connectivity index (χ4v) is 4.66. The van der Waals surface area contributed by atoms with Crippen molar-refractivity contribution in [3.05, 3.63) is 71.3 Å². The predicted molar refractivity (Wildman–Crippen MR) is 100 cm³/mol. The quantitative estimate of drug-likeness (QED) is 0.933. The number of nitrogens with two attached hydrogens (primary N) is 1. The van der Waals surface area contributed by atoms with E-state index in [1.54, 1.807) is 0 Å². The monoisotopic (exact) mass is 334 g/mol. The van der Waals surface area contributed by atoms with Gasteiger partial charge in [0.05, 0.1) is 6.04 Å². The summed E-state index contributed by atoms with van der Waals surface area (Å²) < 4.78 is 0. The first kappa shape index (κ1) is 16.3. The molecule has 1 saturated carbocycles. The fourth-order valence-electron chi connectivity index (χ4n) is 4.66. The summed E-state index contributed by atoms with van der Waals surface area (Å²) in [6, 6.07) is 19.0. The van der Waals surface area contributed by atoms with E-state index in [2.05, 4.69) is 53.4 Å². The van der Waals surface area contributed by atoms with E-state index in [-0.39, 0.29) is 12.0 Å². The highest BCUT2D eigenvalue weighted by Gasteiger charge is 2.39. The first-order valence-electron chi connectivity index (χ1n) is 9.43. The Morgan fingerprint density at radius 1 is 1.04 bits per heavy atom. The van der Waals surface area contributed by atoms with Crippen molar-refractivity contribution < 1.29 is 4.79 Å². The van der Waals surface area contributed by atoms with Crippen molar-refractivity contribution >= 4 is 5.91 Å². The average Bonchev–Trinajstić information content (AvgIpc) is 3.16. The van der Waals surface area contributed by atoms with Crippen molar-refractivity contribution in [3.8, 4) is 0 Å². The first-order chi connectivity index (χ1) is 12.3. The van der Waals surface area contributed by atoms with Crippen molar-refractivity contribution in [2.45, 2.75) is 31.7 Å². The van der Waals surface area contributed by atoms with Gasteiger partial charge in [-0.1, -0.05) is 61.0 Å². The van der Waals surface area contributed by atoms with Gasteiger partial charge in [0, 0.05) is 12.5 Å². The minimum atomic E-state index is 0.0256. The van der Waals surface area contributed by atoms with Crippen LogP contribution in [0.3, 0.4) is 0 Å². The maximum absolute atomic E-state index is 13.4. The number of rotatable bonds is 3. The number of benzene rings is 2. The van der Waals surface area contributed by atoms with Crippen LogP contribution in [0.4, 0.5) is 0 Å². The predicted octanol–water partition coefficient (Wildman–Crippen LogP) is 3.54. The SMILES string of the molecule is NC[C@H]1CCC[C@H]1C(=O)N1CCc2ccccc2C1c1ccccc1. The molecule has 0 spiro atoms. The molecule has 1 amide bonds. The van der Waals surface area contributed by atoms with E-state index in [0.29, 0.717) is 18.4 Å². The Balaban J connectivity index is 1.72. The molecule has 1 fully saturated rings. The van der Waals surface area contributed by atoms with E-state index in [9.17, 15) is 4.79 Å². The molecular formula is C22H26N2O. The summed E-state index contributed by atoms with van der Waals surface area (Å²) in [5.74, 6) is 0.749. The van der Waals surface area contributed by atoms with E-state index in [0.717, 1.165) is 32.2 Å². The van der Waals surface area contributed by atoms with Gasteiger partial charge in [-0.3, -0.25) is 4.79 Å². The normalized spacial score (nSPS) is 25.6. The zero-order chi connectivity index (χ0) is 17.2. The number of nitrogens with zero attached hydrogens (tertiary/aromatic N) is 1. The third-order valence-electron chi connectivity index (χ3n) is 5.96. The van der Waals surface area contributed by atoms with Crippen molar-refractivity contribution in [3.63, 3.8) is 0 Å². The Labute approximate surface area is 149 Å². The van der Waals surface area contributed by atoms with E-state index < -0.39 is 0 Å². The molecule has 0 aromatic heterocycles. The third-order valence-corrected chi connectivity index (χ3v) is 5.96. The van der Waals surface area contributed by atoms with Crippen LogP contribution in [0.2, 0.25) is 0 Å². The Morgan fingerprint density at radius 3 is 2.60 bits per heavy atom. The zero-order valence-electron chi connectivity index (χ0n) is 14.6. The largest absolute Gasteiger partial charge is 0.331 e. The number of amides is 1. The highest BCUT2D eigenvalue weighted by atomic mass is 16.2. The number of hydrogen-bond donors (Lipinski definition) is 1. The van der Waals surface area contributed by atoms with Gasteiger partial charge in [-0.05, 0) is 48.4 Å². The third kappa shape index (κ3) is 2.98. The van der Waals surface area contributed by atoms with Crippen LogP contribution in [-0.4, -0.2) is 23.9 Å². The lowest BCUT2D eigenvalue weighted by molar-refractivity contribution is -0.138. The molecule has 2 N–H and O–H groups in total. The molecule has 1 unspecified atom stereocenters. The summed E-state index contributed by atoms with van der Waals surface area (Å²) in [6.07, 6.45) is 4.14. The molecule has 130 valence electrons. The van der Waals surface area contributed by atoms with Gasteiger partial charge >= 0.3 is 0 Å². The second-order valence-electron chi connectivity index (χ2n) is 7.33. The van der Waals surface area contributed by atoms with Crippen LogP contribution in [0, 0.1) is 11.8 Å². The minimum Gasteiger partial charge on any atom is -0.331 e. The highest BCUT2D eigenvalue weighted by Crippen LogP contribution is 2.39. The van der Waals surface area contributed by atoms with E-state index in [1.165, 1.54) is 16.7 Å². The Hall–Kier alpha value is -2.13. The molecule has 3 nitrogen and oxygen atoms in total. The second-order valence-corrected chi connectivity index (χ2v) is 7.33. The molecule has 0 bridgehead atoms. The Morgan fingerprint density at radius 2 is 1.80 bits per heavy atom. The van der Waals surface area contributed by atoms with Crippen molar-refractivity contribution in [2.75, 3.05) is 13.1 Å². The summed E-state index contributed by atoms with van der Waals surface area (Å²) >= 11 is 0. The molecular weight excluding hydrogens is 308 g/mol. The van der Waals surface area contributed by atoms with Gasteiger partial charge in [-0.15, -0.1) is 0 Å². The Kier molecular flexibility index (Phi) is 4.58. The first-order valence-corrected chi connectivity index (χ1v) is 9.43. The minimum absolute atomic E-state index is 0.0256.